The highest BCUT2D eigenvalue weighted by Crippen LogP contribution is 2.34. The number of carbonyl (C=O) groups excluding carboxylic acids is 2. The highest BCUT2D eigenvalue weighted by Gasteiger charge is 2.38. The van der Waals surface area contributed by atoms with E-state index in [1.54, 1.807) is 18.6 Å². The van der Waals surface area contributed by atoms with Crippen molar-refractivity contribution >= 4 is 35.2 Å². The van der Waals surface area contributed by atoms with Gasteiger partial charge in [0.05, 0.1) is 18.2 Å². The van der Waals surface area contributed by atoms with Crippen LogP contribution in [0.25, 0.3) is 16.8 Å². The number of nitrogens with one attached hydrogen (secondary N) is 3. The number of ether oxygens (including phenoxy) is 1. The fourth-order valence-electron chi connectivity index (χ4n) is 4.67. The maximum absolute atomic E-state index is 12.3. The minimum absolute atomic E-state index is 0.132. The largest absolute Gasteiger partial charge is 0.466 e. The van der Waals surface area contributed by atoms with Crippen LogP contribution in [0.5, 0.6) is 0 Å². The van der Waals surface area contributed by atoms with Crippen LogP contribution in [0.4, 0.5) is 22.4 Å². The quantitative estimate of drug-likeness (QED) is 0.404. The lowest BCUT2D eigenvalue weighted by Gasteiger charge is -2.37. The van der Waals surface area contributed by atoms with Crippen molar-refractivity contribution in [2.75, 3.05) is 48.0 Å². The molecule has 3 aromatic heterocycles. The van der Waals surface area contributed by atoms with Crippen LogP contribution in [0.3, 0.4) is 0 Å². The van der Waals surface area contributed by atoms with Crippen LogP contribution in [0.1, 0.15) is 33.6 Å². The summed E-state index contributed by atoms with van der Waals surface area (Å²) >= 11 is 0. The van der Waals surface area contributed by atoms with Gasteiger partial charge in [-0.3, -0.25) is 19.5 Å². The van der Waals surface area contributed by atoms with Crippen molar-refractivity contribution in [1.29, 1.82) is 0 Å². The molecule has 2 amide bonds. The molecule has 0 bridgehead atoms. The molecule has 0 aliphatic carbocycles. The van der Waals surface area contributed by atoms with Gasteiger partial charge in [-0.25, -0.2) is 25.2 Å². The summed E-state index contributed by atoms with van der Waals surface area (Å²) in [7, 11) is 0. The highest BCUT2D eigenvalue weighted by molar-refractivity contribution is 5.88. The van der Waals surface area contributed by atoms with Crippen LogP contribution in [0, 0.1) is 5.41 Å². The van der Waals surface area contributed by atoms with Gasteiger partial charge in [-0.05, 0) is 51.3 Å². The number of urea groups is 1. The summed E-state index contributed by atoms with van der Waals surface area (Å²) in [6, 6.07) is 3.66. The number of fused-ring (bicyclic) bond motifs is 1. The summed E-state index contributed by atoms with van der Waals surface area (Å²) in [5.74, 6) is 1.79. The molecular weight excluding hydrogens is 486 g/mol. The van der Waals surface area contributed by atoms with Crippen LogP contribution >= 0.6 is 0 Å². The maximum Gasteiger partial charge on any atom is 0.320 e. The first-order chi connectivity index (χ1) is 18.4. The number of carbonyl (C=O) groups is 2. The second-order valence-electron chi connectivity index (χ2n) is 9.60. The third kappa shape index (κ3) is 5.12. The Hall–Kier alpha value is -4.19. The van der Waals surface area contributed by atoms with Gasteiger partial charge in [0.15, 0.2) is 5.82 Å². The predicted molar refractivity (Wildman–Crippen MR) is 145 cm³/mol. The SMILES string of the molecule is CCNC(=O)Nc1cn2c(N3C=CCN3)cc(-c3cnc(N4CCC(C)(C(=O)OCC)CC4)nc3)cc2n1. The molecule has 3 N–H and O–H groups in total. The first-order valence-corrected chi connectivity index (χ1v) is 12.9. The second-order valence-corrected chi connectivity index (χ2v) is 9.60. The molecule has 2 aliphatic heterocycles. The van der Waals surface area contributed by atoms with E-state index in [1.165, 1.54) is 0 Å². The zero-order valence-electron chi connectivity index (χ0n) is 21.9. The van der Waals surface area contributed by atoms with Gasteiger partial charge in [-0.1, -0.05) is 6.08 Å². The van der Waals surface area contributed by atoms with Gasteiger partial charge in [0.25, 0.3) is 0 Å². The number of hydrogen-bond acceptors (Lipinski definition) is 9. The monoisotopic (exact) mass is 519 g/mol. The van der Waals surface area contributed by atoms with Crippen molar-refractivity contribution in [2.24, 2.45) is 5.41 Å². The lowest BCUT2D eigenvalue weighted by Crippen LogP contribution is -2.44. The Morgan fingerprint density at radius 1 is 1.13 bits per heavy atom. The molecule has 38 heavy (non-hydrogen) atoms. The number of imidazole rings is 1. The lowest BCUT2D eigenvalue weighted by atomic mass is 9.80. The highest BCUT2D eigenvalue weighted by atomic mass is 16.5. The fourth-order valence-corrected chi connectivity index (χ4v) is 4.67. The predicted octanol–water partition coefficient (Wildman–Crippen LogP) is 2.94. The molecule has 12 nitrogen and oxygen atoms in total. The van der Waals surface area contributed by atoms with E-state index in [9.17, 15) is 9.59 Å². The molecular formula is C26H33N9O3. The minimum atomic E-state index is -0.467. The van der Waals surface area contributed by atoms with Gasteiger partial charge in [0.2, 0.25) is 5.95 Å². The zero-order chi connectivity index (χ0) is 26.7. The normalized spacial score (nSPS) is 16.6. The molecule has 0 radical (unpaired) electrons. The van der Waals surface area contributed by atoms with Crippen LogP contribution in [0.2, 0.25) is 0 Å². The number of anilines is 3. The molecule has 5 heterocycles. The molecule has 2 aliphatic rings. The number of esters is 1. The lowest BCUT2D eigenvalue weighted by molar-refractivity contribution is -0.155. The molecule has 12 heteroatoms. The van der Waals surface area contributed by atoms with Gasteiger partial charge < -0.3 is 15.0 Å². The average Bonchev–Trinajstić information content (AvgIpc) is 3.59. The molecule has 0 spiro atoms. The summed E-state index contributed by atoms with van der Waals surface area (Å²) in [6.45, 7) is 8.67. The van der Waals surface area contributed by atoms with E-state index in [1.807, 2.05) is 54.6 Å². The van der Waals surface area contributed by atoms with Crippen molar-refractivity contribution in [3.63, 3.8) is 0 Å². The first kappa shape index (κ1) is 25.5. The molecule has 3 aromatic rings. The number of aromatic nitrogens is 4. The van der Waals surface area contributed by atoms with Crippen molar-refractivity contribution < 1.29 is 14.3 Å². The Kier molecular flexibility index (Phi) is 7.14. The van der Waals surface area contributed by atoms with E-state index in [-0.39, 0.29) is 12.0 Å². The summed E-state index contributed by atoms with van der Waals surface area (Å²) in [6.07, 6.45) is 10.8. The third-order valence-corrected chi connectivity index (χ3v) is 6.90. The molecule has 1 fully saturated rings. The second kappa shape index (κ2) is 10.7. The van der Waals surface area contributed by atoms with Crippen molar-refractivity contribution in [3.05, 3.63) is 43.0 Å². The van der Waals surface area contributed by atoms with Crippen LogP contribution in [0.15, 0.2) is 43.0 Å². The van der Waals surface area contributed by atoms with E-state index in [2.05, 4.69) is 35.9 Å². The number of amides is 2. The van der Waals surface area contributed by atoms with Crippen molar-refractivity contribution in [3.8, 4) is 11.1 Å². The molecule has 1 saturated heterocycles. The molecule has 0 aromatic carbocycles. The Morgan fingerprint density at radius 2 is 1.89 bits per heavy atom. The molecule has 0 unspecified atom stereocenters. The average molecular weight is 520 g/mol. The third-order valence-electron chi connectivity index (χ3n) is 6.90. The number of piperidine rings is 1. The van der Waals surface area contributed by atoms with E-state index in [0.717, 1.165) is 16.9 Å². The zero-order valence-corrected chi connectivity index (χ0v) is 21.9. The number of hydrogen-bond donors (Lipinski definition) is 3. The van der Waals surface area contributed by atoms with E-state index >= 15 is 0 Å². The summed E-state index contributed by atoms with van der Waals surface area (Å²) in [5, 5.41) is 7.41. The number of nitrogens with zero attached hydrogens (tertiary/aromatic N) is 6. The topological polar surface area (TPSA) is 129 Å². The smallest absolute Gasteiger partial charge is 0.320 e. The molecule has 200 valence electrons. The minimum Gasteiger partial charge on any atom is -0.466 e. The van der Waals surface area contributed by atoms with Crippen LogP contribution < -0.4 is 26.0 Å². The van der Waals surface area contributed by atoms with Crippen LogP contribution in [-0.4, -0.2) is 64.1 Å². The molecule has 5 rings (SSSR count). The van der Waals surface area contributed by atoms with Gasteiger partial charge in [-0.2, -0.15) is 0 Å². The maximum atomic E-state index is 12.3. The Morgan fingerprint density at radius 3 is 2.55 bits per heavy atom. The number of rotatable bonds is 7. The number of hydrazine groups is 1. The van der Waals surface area contributed by atoms with Gasteiger partial charge in [0.1, 0.15) is 11.5 Å². The summed E-state index contributed by atoms with van der Waals surface area (Å²) in [5.41, 5.74) is 5.23. The van der Waals surface area contributed by atoms with E-state index in [0.29, 0.717) is 63.0 Å². The summed E-state index contributed by atoms with van der Waals surface area (Å²) < 4.78 is 7.18. The Bertz CT molecular complexity index is 1340. The van der Waals surface area contributed by atoms with E-state index < -0.39 is 5.41 Å². The first-order valence-electron chi connectivity index (χ1n) is 12.9. The summed E-state index contributed by atoms with van der Waals surface area (Å²) in [4.78, 5) is 40.4. The van der Waals surface area contributed by atoms with E-state index in [4.69, 9.17) is 4.74 Å². The standard InChI is InChI=1S/C26H33N9O3/c1-4-27-25(37)32-20-17-34-21(31-20)13-18(14-22(34)35-10-6-9-30-35)19-15-28-24(29-16-19)33-11-7-26(3,8-12-33)23(36)38-5-2/h6,10,13-17,30H,4-5,7-9,11-12H2,1-3H3,(H2,27,32,37). The fraction of sp³-hybridized carbons (Fsp3) is 0.423. The van der Waals surface area contributed by atoms with Gasteiger partial charge >= 0.3 is 12.0 Å². The van der Waals surface area contributed by atoms with Crippen LogP contribution in [-0.2, 0) is 9.53 Å². The van der Waals surface area contributed by atoms with Gasteiger partial charge in [-0.15, -0.1) is 0 Å². The molecule has 0 saturated carbocycles. The molecule has 0 atom stereocenters. The number of pyridine rings is 1. The van der Waals surface area contributed by atoms with Gasteiger partial charge in [0, 0.05) is 50.3 Å². The van der Waals surface area contributed by atoms with Crippen molar-refractivity contribution in [1.82, 2.24) is 30.1 Å². The Labute approximate surface area is 221 Å². The Balaban J connectivity index is 1.38. The van der Waals surface area contributed by atoms with Crippen molar-refractivity contribution in [2.45, 2.75) is 33.6 Å².